The molecule has 188 valence electrons. The van der Waals surface area contributed by atoms with Gasteiger partial charge in [-0.1, -0.05) is 17.7 Å². The fraction of sp³-hybridized carbons (Fsp3) is 0.346. The number of nitriles is 1. The van der Waals surface area contributed by atoms with E-state index in [1.54, 1.807) is 18.3 Å². The Labute approximate surface area is 217 Å². The summed E-state index contributed by atoms with van der Waals surface area (Å²) in [6, 6.07) is 12.8. The number of nitrogens with one attached hydrogen (secondary N) is 2. The zero-order valence-electron chi connectivity index (χ0n) is 20.5. The lowest BCUT2D eigenvalue weighted by atomic mass is 10.0. The summed E-state index contributed by atoms with van der Waals surface area (Å²) in [6.45, 7) is 6.16. The largest absolute Gasteiger partial charge is 0.340 e. The Morgan fingerprint density at radius 1 is 1.17 bits per heavy atom. The number of aromatic nitrogens is 2. The minimum absolute atomic E-state index is 0.195. The van der Waals surface area contributed by atoms with E-state index in [1.807, 2.05) is 32.0 Å². The molecule has 0 saturated carbocycles. The van der Waals surface area contributed by atoms with Crippen LogP contribution in [0.3, 0.4) is 0 Å². The summed E-state index contributed by atoms with van der Waals surface area (Å²) in [5.41, 5.74) is 4.25. The van der Waals surface area contributed by atoms with Crippen molar-refractivity contribution in [2.75, 3.05) is 29.6 Å². The van der Waals surface area contributed by atoms with Gasteiger partial charge in [0.25, 0.3) is 0 Å². The van der Waals surface area contributed by atoms with Gasteiger partial charge in [0.1, 0.15) is 5.82 Å². The molecule has 1 fully saturated rings. The molecule has 8 nitrogen and oxygen atoms in total. The topological polar surface area (TPSA) is 111 Å². The van der Waals surface area contributed by atoms with Gasteiger partial charge in [-0.05, 0) is 86.8 Å². The van der Waals surface area contributed by atoms with Crippen LogP contribution >= 0.6 is 11.6 Å². The SMILES string of the molecule is Cc1cc(C#N)cc(C)c1Nc1ccnc(N(Cc2ccc(S(C)(=O)=O)cc2Cl)C2CCNCC2)n1. The standard InChI is InChI=1S/C26H29ClN6O2S/c1-17-12-19(15-28)13-18(2)25(17)31-24-8-11-30-26(32-24)33(21-6-9-29-10-7-21)16-20-4-5-22(14-23(20)27)36(3,34)35/h4-5,8,11-14,21,29H,6-7,9-10,16H2,1-3H3,(H,30,31,32). The number of nitrogens with zero attached hydrogens (tertiary/aromatic N) is 4. The number of piperidine rings is 1. The molecule has 36 heavy (non-hydrogen) atoms. The van der Waals surface area contributed by atoms with E-state index in [1.165, 1.54) is 12.3 Å². The highest BCUT2D eigenvalue weighted by Crippen LogP contribution is 2.29. The second-order valence-electron chi connectivity index (χ2n) is 9.10. The molecule has 0 amide bonds. The van der Waals surface area contributed by atoms with Gasteiger partial charge in [0.2, 0.25) is 5.95 Å². The molecule has 1 saturated heterocycles. The van der Waals surface area contributed by atoms with Crippen molar-refractivity contribution in [3.63, 3.8) is 0 Å². The van der Waals surface area contributed by atoms with E-state index in [9.17, 15) is 13.7 Å². The molecule has 0 aliphatic carbocycles. The van der Waals surface area contributed by atoms with Crippen molar-refractivity contribution < 1.29 is 8.42 Å². The number of hydrogen-bond acceptors (Lipinski definition) is 8. The van der Waals surface area contributed by atoms with Crippen LogP contribution in [0.25, 0.3) is 0 Å². The Hall–Kier alpha value is -3.19. The number of benzene rings is 2. The van der Waals surface area contributed by atoms with Crippen molar-refractivity contribution in [1.82, 2.24) is 15.3 Å². The highest BCUT2D eigenvalue weighted by Gasteiger charge is 2.25. The Morgan fingerprint density at radius 2 is 1.86 bits per heavy atom. The Morgan fingerprint density at radius 3 is 2.47 bits per heavy atom. The van der Waals surface area contributed by atoms with Crippen molar-refractivity contribution >= 4 is 38.9 Å². The average molecular weight is 525 g/mol. The molecular weight excluding hydrogens is 496 g/mol. The molecule has 2 heterocycles. The predicted octanol–water partition coefficient (Wildman–Crippen LogP) is 4.52. The maximum atomic E-state index is 11.9. The first kappa shape index (κ1) is 25.9. The summed E-state index contributed by atoms with van der Waals surface area (Å²) in [4.78, 5) is 11.8. The zero-order chi connectivity index (χ0) is 25.9. The normalized spacial score (nSPS) is 14.3. The maximum absolute atomic E-state index is 11.9. The molecule has 1 aliphatic heterocycles. The van der Waals surface area contributed by atoms with E-state index in [0.29, 0.717) is 28.9 Å². The smallest absolute Gasteiger partial charge is 0.227 e. The van der Waals surface area contributed by atoms with Gasteiger partial charge in [0.05, 0.1) is 16.5 Å². The van der Waals surface area contributed by atoms with Gasteiger partial charge in [-0.15, -0.1) is 0 Å². The van der Waals surface area contributed by atoms with Gasteiger partial charge >= 0.3 is 0 Å². The monoisotopic (exact) mass is 524 g/mol. The molecule has 2 aromatic carbocycles. The molecule has 0 spiro atoms. The molecule has 0 radical (unpaired) electrons. The van der Waals surface area contributed by atoms with Gasteiger partial charge < -0.3 is 15.5 Å². The molecule has 0 unspecified atom stereocenters. The van der Waals surface area contributed by atoms with Crippen LogP contribution in [0.2, 0.25) is 5.02 Å². The number of halogens is 1. The summed E-state index contributed by atoms with van der Waals surface area (Å²) in [6.07, 6.45) is 4.74. The third kappa shape index (κ3) is 5.95. The molecule has 4 rings (SSSR count). The van der Waals surface area contributed by atoms with Gasteiger partial charge in [0, 0.05) is 35.7 Å². The fourth-order valence-corrected chi connectivity index (χ4v) is 5.41. The molecule has 2 N–H and O–H groups in total. The van der Waals surface area contributed by atoms with Gasteiger partial charge in [-0.25, -0.2) is 13.4 Å². The van der Waals surface area contributed by atoms with E-state index >= 15 is 0 Å². The van der Waals surface area contributed by atoms with Crippen LogP contribution in [0.15, 0.2) is 47.5 Å². The second kappa shape index (κ2) is 10.8. The third-order valence-corrected chi connectivity index (χ3v) is 7.82. The predicted molar refractivity (Wildman–Crippen MR) is 143 cm³/mol. The van der Waals surface area contributed by atoms with Crippen LogP contribution < -0.4 is 15.5 Å². The number of anilines is 3. The van der Waals surface area contributed by atoms with Crippen molar-refractivity contribution in [2.24, 2.45) is 0 Å². The van der Waals surface area contributed by atoms with Crippen LogP contribution in [-0.4, -0.2) is 43.8 Å². The zero-order valence-corrected chi connectivity index (χ0v) is 22.1. The van der Waals surface area contributed by atoms with E-state index in [2.05, 4.69) is 26.6 Å². The average Bonchev–Trinajstić information content (AvgIpc) is 2.85. The Bertz CT molecular complexity index is 1390. The lowest BCUT2D eigenvalue weighted by Gasteiger charge is -2.35. The van der Waals surface area contributed by atoms with Gasteiger partial charge in [-0.2, -0.15) is 10.2 Å². The molecule has 1 aliphatic rings. The van der Waals surface area contributed by atoms with E-state index in [-0.39, 0.29) is 10.9 Å². The van der Waals surface area contributed by atoms with Crippen molar-refractivity contribution in [3.8, 4) is 6.07 Å². The van der Waals surface area contributed by atoms with E-state index < -0.39 is 9.84 Å². The minimum atomic E-state index is -3.35. The van der Waals surface area contributed by atoms with Crippen LogP contribution in [0.5, 0.6) is 0 Å². The van der Waals surface area contributed by atoms with Crippen molar-refractivity contribution in [2.45, 2.75) is 44.2 Å². The van der Waals surface area contributed by atoms with E-state index in [0.717, 1.165) is 48.3 Å². The molecular formula is C26H29ClN6O2S. The summed E-state index contributed by atoms with van der Waals surface area (Å²) >= 11 is 6.52. The van der Waals surface area contributed by atoms with Crippen LogP contribution in [0.1, 0.15) is 35.1 Å². The first-order valence-electron chi connectivity index (χ1n) is 11.7. The fourth-order valence-electron chi connectivity index (χ4n) is 4.46. The van der Waals surface area contributed by atoms with Crippen LogP contribution in [0.4, 0.5) is 17.5 Å². The summed E-state index contributed by atoms with van der Waals surface area (Å²) in [5.74, 6) is 1.22. The lowest BCUT2D eigenvalue weighted by Crippen LogP contribution is -2.43. The van der Waals surface area contributed by atoms with Gasteiger partial charge in [0.15, 0.2) is 9.84 Å². The van der Waals surface area contributed by atoms with Crippen molar-refractivity contribution in [1.29, 1.82) is 5.26 Å². The molecule has 3 aromatic rings. The quantitative estimate of drug-likeness (QED) is 0.464. The third-order valence-electron chi connectivity index (χ3n) is 6.36. The highest BCUT2D eigenvalue weighted by molar-refractivity contribution is 7.90. The lowest BCUT2D eigenvalue weighted by molar-refractivity contribution is 0.424. The van der Waals surface area contributed by atoms with Crippen LogP contribution in [0, 0.1) is 25.2 Å². The molecule has 0 bridgehead atoms. The number of hydrogen-bond donors (Lipinski definition) is 2. The summed E-state index contributed by atoms with van der Waals surface area (Å²) in [5, 5.41) is 16.4. The van der Waals surface area contributed by atoms with Crippen molar-refractivity contribution in [3.05, 3.63) is 69.9 Å². The van der Waals surface area contributed by atoms with E-state index in [4.69, 9.17) is 16.6 Å². The number of rotatable bonds is 7. The first-order chi connectivity index (χ1) is 17.2. The first-order valence-corrected chi connectivity index (χ1v) is 14.0. The maximum Gasteiger partial charge on any atom is 0.227 e. The van der Waals surface area contributed by atoms with Gasteiger partial charge in [-0.3, -0.25) is 0 Å². The highest BCUT2D eigenvalue weighted by atomic mass is 35.5. The molecule has 0 atom stereocenters. The molecule has 10 heteroatoms. The number of aryl methyl sites for hydroxylation is 2. The second-order valence-corrected chi connectivity index (χ2v) is 11.5. The molecule has 1 aromatic heterocycles. The summed E-state index contributed by atoms with van der Waals surface area (Å²) < 4.78 is 23.9. The Balaban J connectivity index is 1.66. The minimum Gasteiger partial charge on any atom is -0.340 e. The number of sulfone groups is 1. The Kier molecular flexibility index (Phi) is 7.79. The summed E-state index contributed by atoms with van der Waals surface area (Å²) in [7, 11) is -3.35. The van der Waals surface area contributed by atoms with Crippen LogP contribution in [-0.2, 0) is 16.4 Å².